The maximum absolute atomic E-state index is 13.0. The molecule has 0 fully saturated rings. The third-order valence-electron chi connectivity index (χ3n) is 4.88. The van der Waals surface area contributed by atoms with E-state index in [0.29, 0.717) is 35.9 Å². The first-order valence-electron chi connectivity index (χ1n) is 8.67. The molecule has 0 radical (unpaired) electrons. The van der Waals surface area contributed by atoms with Gasteiger partial charge in [0, 0.05) is 12.6 Å². The van der Waals surface area contributed by atoms with Gasteiger partial charge in [0.1, 0.15) is 30.1 Å². The Balaban J connectivity index is 1.83. The lowest BCUT2D eigenvalue weighted by Gasteiger charge is -2.31. The van der Waals surface area contributed by atoms with Crippen molar-refractivity contribution in [3.8, 4) is 22.6 Å². The Hall–Kier alpha value is -2.79. The number of ether oxygens (including phenoxy) is 2. The first kappa shape index (κ1) is 16.7. The van der Waals surface area contributed by atoms with Crippen LogP contribution in [0.25, 0.3) is 22.1 Å². The second kappa shape index (κ2) is 6.50. The topological polar surface area (TPSA) is 51.9 Å². The van der Waals surface area contributed by atoms with Crippen LogP contribution in [0.1, 0.15) is 19.4 Å². The summed E-state index contributed by atoms with van der Waals surface area (Å²) in [7, 11) is 1.62. The Kier molecular flexibility index (Phi) is 4.17. The third kappa shape index (κ3) is 2.74. The Labute approximate surface area is 151 Å². The van der Waals surface area contributed by atoms with Crippen molar-refractivity contribution in [2.75, 3.05) is 13.8 Å². The molecular formula is C21H21NO4. The van der Waals surface area contributed by atoms with Crippen LogP contribution in [0.3, 0.4) is 0 Å². The highest BCUT2D eigenvalue weighted by molar-refractivity contribution is 5.85. The number of hydrogen-bond donors (Lipinski definition) is 0. The summed E-state index contributed by atoms with van der Waals surface area (Å²) >= 11 is 0. The molecule has 0 unspecified atom stereocenters. The largest absolute Gasteiger partial charge is 0.497 e. The Morgan fingerprint density at radius 3 is 2.58 bits per heavy atom. The van der Waals surface area contributed by atoms with Crippen LogP contribution in [-0.2, 0) is 6.54 Å². The minimum atomic E-state index is -0.0408. The number of hydrogen-bond acceptors (Lipinski definition) is 5. The van der Waals surface area contributed by atoms with Gasteiger partial charge >= 0.3 is 0 Å². The standard InChI is InChI=1S/C21H21NO4/c1-13(2)22-10-17-19(26-12-22)9-8-16-20(23)18(11-25-21(16)17)14-4-6-15(24-3)7-5-14/h4-9,11,13H,10,12H2,1-3H3. The second-order valence-electron chi connectivity index (χ2n) is 6.74. The average molecular weight is 351 g/mol. The summed E-state index contributed by atoms with van der Waals surface area (Å²) in [6.45, 7) is 5.49. The van der Waals surface area contributed by atoms with E-state index < -0.39 is 0 Å². The zero-order valence-corrected chi connectivity index (χ0v) is 15.1. The fourth-order valence-corrected chi connectivity index (χ4v) is 3.23. The molecule has 5 nitrogen and oxygen atoms in total. The summed E-state index contributed by atoms with van der Waals surface area (Å²) in [5.74, 6) is 1.54. The molecule has 0 spiro atoms. The van der Waals surface area contributed by atoms with Gasteiger partial charge in [-0.3, -0.25) is 9.69 Å². The van der Waals surface area contributed by atoms with Gasteiger partial charge in [0.25, 0.3) is 0 Å². The van der Waals surface area contributed by atoms with E-state index >= 15 is 0 Å². The van der Waals surface area contributed by atoms with Gasteiger partial charge in [0.15, 0.2) is 0 Å². The van der Waals surface area contributed by atoms with Crippen molar-refractivity contribution < 1.29 is 13.9 Å². The van der Waals surface area contributed by atoms with Crippen LogP contribution < -0.4 is 14.9 Å². The lowest BCUT2D eigenvalue weighted by atomic mass is 10.0. The van der Waals surface area contributed by atoms with Crippen LogP contribution in [0.4, 0.5) is 0 Å². The maximum atomic E-state index is 13.0. The normalized spacial score (nSPS) is 14.3. The van der Waals surface area contributed by atoms with E-state index in [0.717, 1.165) is 22.6 Å². The summed E-state index contributed by atoms with van der Waals surface area (Å²) in [5, 5.41) is 0.575. The number of benzene rings is 2. The van der Waals surface area contributed by atoms with E-state index in [1.807, 2.05) is 30.3 Å². The molecule has 1 aromatic heterocycles. The van der Waals surface area contributed by atoms with Crippen LogP contribution in [0.15, 0.2) is 51.9 Å². The quantitative estimate of drug-likeness (QED) is 0.713. The molecule has 0 N–H and O–H groups in total. The highest BCUT2D eigenvalue weighted by Gasteiger charge is 2.24. The first-order valence-corrected chi connectivity index (χ1v) is 8.67. The van der Waals surface area contributed by atoms with Gasteiger partial charge in [0.2, 0.25) is 5.43 Å². The van der Waals surface area contributed by atoms with Gasteiger partial charge in [0.05, 0.1) is 23.6 Å². The highest BCUT2D eigenvalue weighted by Crippen LogP contribution is 2.33. The molecule has 5 heteroatoms. The number of nitrogens with zero attached hydrogens (tertiary/aromatic N) is 1. The summed E-state index contributed by atoms with van der Waals surface area (Å²) in [6, 6.07) is 11.4. The molecule has 26 heavy (non-hydrogen) atoms. The predicted octanol–water partition coefficient (Wildman–Crippen LogP) is 4.03. The van der Waals surface area contributed by atoms with Gasteiger partial charge in [-0.15, -0.1) is 0 Å². The molecule has 0 aliphatic carbocycles. The second-order valence-corrected chi connectivity index (χ2v) is 6.74. The molecule has 0 atom stereocenters. The molecule has 0 amide bonds. The SMILES string of the molecule is COc1ccc(-c2coc3c4c(ccc3c2=O)OCN(C(C)C)C4)cc1. The van der Waals surface area contributed by atoms with Gasteiger partial charge < -0.3 is 13.9 Å². The van der Waals surface area contributed by atoms with E-state index in [1.165, 1.54) is 0 Å². The van der Waals surface area contributed by atoms with Crippen LogP contribution in [0.5, 0.6) is 11.5 Å². The molecule has 134 valence electrons. The zero-order valence-electron chi connectivity index (χ0n) is 15.1. The lowest BCUT2D eigenvalue weighted by molar-refractivity contribution is 0.0689. The third-order valence-corrected chi connectivity index (χ3v) is 4.88. The van der Waals surface area contributed by atoms with Crippen molar-refractivity contribution in [1.29, 1.82) is 0 Å². The Bertz CT molecular complexity index is 1000. The minimum absolute atomic E-state index is 0.0408. The van der Waals surface area contributed by atoms with Crippen molar-refractivity contribution in [3.05, 3.63) is 58.4 Å². The maximum Gasteiger partial charge on any atom is 0.200 e. The average Bonchev–Trinajstić information content (AvgIpc) is 2.67. The molecular weight excluding hydrogens is 330 g/mol. The Morgan fingerprint density at radius 1 is 1.12 bits per heavy atom. The number of fused-ring (bicyclic) bond motifs is 3. The molecule has 3 aromatic rings. The molecule has 1 aliphatic heterocycles. The van der Waals surface area contributed by atoms with E-state index in [2.05, 4.69) is 18.7 Å². The monoisotopic (exact) mass is 351 g/mol. The summed E-state index contributed by atoms with van der Waals surface area (Å²) < 4.78 is 16.9. The zero-order chi connectivity index (χ0) is 18.3. The fourth-order valence-electron chi connectivity index (χ4n) is 3.23. The molecule has 2 heterocycles. The lowest BCUT2D eigenvalue weighted by Crippen LogP contribution is -2.37. The molecule has 0 bridgehead atoms. The summed E-state index contributed by atoms with van der Waals surface area (Å²) in [6.07, 6.45) is 1.54. The smallest absolute Gasteiger partial charge is 0.200 e. The van der Waals surface area contributed by atoms with Crippen molar-refractivity contribution in [1.82, 2.24) is 4.90 Å². The molecule has 0 saturated heterocycles. The van der Waals surface area contributed by atoms with Crippen LogP contribution in [0.2, 0.25) is 0 Å². The van der Waals surface area contributed by atoms with Crippen molar-refractivity contribution >= 4 is 11.0 Å². The van der Waals surface area contributed by atoms with E-state index in [1.54, 1.807) is 19.4 Å². The molecule has 2 aromatic carbocycles. The predicted molar refractivity (Wildman–Crippen MR) is 101 cm³/mol. The minimum Gasteiger partial charge on any atom is -0.497 e. The summed E-state index contributed by atoms with van der Waals surface area (Å²) in [4.78, 5) is 15.2. The van der Waals surface area contributed by atoms with E-state index in [9.17, 15) is 4.79 Å². The van der Waals surface area contributed by atoms with Gasteiger partial charge in [-0.25, -0.2) is 0 Å². The van der Waals surface area contributed by atoms with Gasteiger partial charge in [-0.1, -0.05) is 12.1 Å². The number of rotatable bonds is 3. The molecule has 1 aliphatic rings. The van der Waals surface area contributed by atoms with Gasteiger partial charge in [-0.05, 0) is 43.7 Å². The van der Waals surface area contributed by atoms with E-state index in [4.69, 9.17) is 13.9 Å². The van der Waals surface area contributed by atoms with Crippen molar-refractivity contribution in [3.63, 3.8) is 0 Å². The van der Waals surface area contributed by atoms with Crippen molar-refractivity contribution in [2.45, 2.75) is 26.4 Å². The first-order chi connectivity index (χ1) is 12.6. The fraction of sp³-hybridized carbons (Fsp3) is 0.286. The molecule has 0 saturated carbocycles. The highest BCUT2D eigenvalue weighted by atomic mass is 16.5. The van der Waals surface area contributed by atoms with Crippen LogP contribution in [0, 0.1) is 0 Å². The van der Waals surface area contributed by atoms with E-state index in [-0.39, 0.29) is 5.43 Å². The van der Waals surface area contributed by atoms with Crippen molar-refractivity contribution in [2.24, 2.45) is 0 Å². The number of methoxy groups -OCH3 is 1. The Morgan fingerprint density at radius 2 is 1.88 bits per heavy atom. The molecule has 4 rings (SSSR count). The summed E-state index contributed by atoms with van der Waals surface area (Å²) in [5.41, 5.74) is 2.84. The van der Waals surface area contributed by atoms with Crippen LogP contribution in [-0.4, -0.2) is 24.8 Å². The van der Waals surface area contributed by atoms with Gasteiger partial charge in [-0.2, -0.15) is 0 Å². The van der Waals surface area contributed by atoms with Crippen LogP contribution >= 0.6 is 0 Å².